The Morgan fingerprint density at radius 1 is 1.25 bits per heavy atom. The highest BCUT2D eigenvalue weighted by Gasteiger charge is 2.21. The van der Waals surface area contributed by atoms with Gasteiger partial charge in [0.15, 0.2) is 0 Å². The third kappa shape index (κ3) is 2.82. The van der Waals surface area contributed by atoms with Crippen LogP contribution in [0.3, 0.4) is 0 Å². The molecular weight excluding hydrogens is 254 g/mol. The molecular formula is C15H19N3O2. The van der Waals surface area contributed by atoms with Gasteiger partial charge in [-0.2, -0.15) is 0 Å². The van der Waals surface area contributed by atoms with Gasteiger partial charge >= 0.3 is 0 Å². The largest absolute Gasteiger partial charge is 0.326 e. The minimum atomic E-state index is -0.0838. The molecule has 3 rings (SSSR count). The molecule has 1 fully saturated rings. The number of piperidine rings is 1. The first-order valence-electron chi connectivity index (χ1n) is 7.19. The fourth-order valence-corrected chi connectivity index (χ4v) is 2.77. The minimum Gasteiger partial charge on any atom is -0.326 e. The molecule has 20 heavy (non-hydrogen) atoms. The summed E-state index contributed by atoms with van der Waals surface area (Å²) in [6.07, 6.45) is 4.37. The first kappa shape index (κ1) is 13.1. The fraction of sp³-hybridized carbons (Fsp3) is 0.467. The second kappa shape index (κ2) is 5.63. The Kier molecular flexibility index (Phi) is 3.69. The van der Waals surface area contributed by atoms with E-state index in [1.807, 2.05) is 18.2 Å². The molecule has 0 spiro atoms. The average Bonchev–Trinajstić information content (AvgIpc) is 2.48. The predicted octanol–water partition coefficient (Wildman–Crippen LogP) is 1.65. The summed E-state index contributed by atoms with van der Waals surface area (Å²) >= 11 is 0. The molecule has 1 aromatic rings. The first-order chi connectivity index (χ1) is 9.72. The Balaban J connectivity index is 1.68. The van der Waals surface area contributed by atoms with Gasteiger partial charge < -0.3 is 16.0 Å². The van der Waals surface area contributed by atoms with Gasteiger partial charge in [-0.1, -0.05) is 6.42 Å². The van der Waals surface area contributed by atoms with E-state index in [1.54, 1.807) is 0 Å². The van der Waals surface area contributed by atoms with Gasteiger partial charge in [-0.15, -0.1) is 0 Å². The van der Waals surface area contributed by atoms with E-state index in [0.29, 0.717) is 6.42 Å². The number of rotatable bonds is 2. The van der Waals surface area contributed by atoms with Crippen LogP contribution in [0.4, 0.5) is 11.4 Å². The van der Waals surface area contributed by atoms with Gasteiger partial charge in [0.2, 0.25) is 11.8 Å². The lowest BCUT2D eigenvalue weighted by Crippen LogP contribution is -2.43. The zero-order chi connectivity index (χ0) is 13.9. The second-order valence-corrected chi connectivity index (χ2v) is 5.41. The van der Waals surface area contributed by atoms with Gasteiger partial charge in [0.1, 0.15) is 0 Å². The van der Waals surface area contributed by atoms with E-state index in [0.717, 1.165) is 49.2 Å². The van der Waals surface area contributed by atoms with Crippen molar-refractivity contribution < 1.29 is 9.59 Å². The smallest absolute Gasteiger partial charge is 0.241 e. The summed E-state index contributed by atoms with van der Waals surface area (Å²) in [5.41, 5.74) is 2.74. The monoisotopic (exact) mass is 273 g/mol. The van der Waals surface area contributed by atoms with Crippen LogP contribution in [0.2, 0.25) is 0 Å². The lowest BCUT2D eigenvalue weighted by molar-refractivity contribution is -0.118. The lowest BCUT2D eigenvalue weighted by Gasteiger charge is -2.23. The summed E-state index contributed by atoms with van der Waals surface area (Å²) in [6.45, 7) is 0.911. The molecule has 0 radical (unpaired) electrons. The molecule has 1 aromatic carbocycles. The van der Waals surface area contributed by atoms with Gasteiger partial charge in [0.25, 0.3) is 0 Å². The molecule has 106 valence electrons. The lowest BCUT2D eigenvalue weighted by atomic mass is 10.0. The highest BCUT2D eigenvalue weighted by molar-refractivity contribution is 5.97. The average molecular weight is 273 g/mol. The summed E-state index contributed by atoms with van der Waals surface area (Å²) in [6, 6.07) is 5.57. The van der Waals surface area contributed by atoms with Gasteiger partial charge in [-0.05, 0) is 49.6 Å². The third-order valence-electron chi connectivity index (χ3n) is 3.90. The van der Waals surface area contributed by atoms with Crippen molar-refractivity contribution in [2.24, 2.45) is 0 Å². The topological polar surface area (TPSA) is 70.2 Å². The van der Waals surface area contributed by atoms with Crippen molar-refractivity contribution in [1.82, 2.24) is 5.32 Å². The number of hydrogen-bond acceptors (Lipinski definition) is 3. The molecule has 1 atom stereocenters. The Labute approximate surface area is 118 Å². The van der Waals surface area contributed by atoms with E-state index >= 15 is 0 Å². The molecule has 2 aliphatic rings. The van der Waals surface area contributed by atoms with Crippen molar-refractivity contribution in [2.75, 3.05) is 17.2 Å². The molecule has 2 amide bonds. The van der Waals surface area contributed by atoms with Crippen LogP contribution in [0.15, 0.2) is 18.2 Å². The SMILES string of the molecule is O=C1CCc2cc(NC(=O)[C@H]3CCCCN3)ccc2N1. The van der Waals surface area contributed by atoms with Crippen LogP contribution >= 0.6 is 0 Å². The molecule has 5 nitrogen and oxygen atoms in total. The molecule has 0 aliphatic carbocycles. The summed E-state index contributed by atoms with van der Waals surface area (Å²) in [5.74, 6) is 0.0881. The van der Waals surface area contributed by atoms with E-state index in [2.05, 4.69) is 16.0 Å². The quantitative estimate of drug-likeness (QED) is 0.767. The molecule has 2 aliphatic heterocycles. The Hall–Kier alpha value is -1.88. The predicted molar refractivity (Wildman–Crippen MR) is 77.7 cm³/mol. The highest BCUT2D eigenvalue weighted by Crippen LogP contribution is 2.25. The summed E-state index contributed by atoms with van der Waals surface area (Å²) in [7, 11) is 0. The summed E-state index contributed by atoms with van der Waals surface area (Å²) in [5, 5.41) is 9.04. The van der Waals surface area contributed by atoms with E-state index in [-0.39, 0.29) is 17.9 Å². The number of amides is 2. The van der Waals surface area contributed by atoms with Gasteiger partial charge in [0.05, 0.1) is 6.04 Å². The maximum atomic E-state index is 12.1. The number of carbonyl (C=O) groups is 2. The third-order valence-corrected chi connectivity index (χ3v) is 3.90. The molecule has 0 aromatic heterocycles. The number of hydrogen-bond donors (Lipinski definition) is 3. The summed E-state index contributed by atoms with van der Waals surface area (Å²) < 4.78 is 0. The van der Waals surface area contributed by atoms with Crippen LogP contribution in [-0.2, 0) is 16.0 Å². The highest BCUT2D eigenvalue weighted by atomic mass is 16.2. The van der Waals surface area contributed by atoms with E-state index in [1.165, 1.54) is 0 Å². The van der Waals surface area contributed by atoms with Crippen LogP contribution in [0, 0.1) is 0 Å². The number of anilines is 2. The molecule has 0 bridgehead atoms. The van der Waals surface area contributed by atoms with Crippen LogP contribution in [0.25, 0.3) is 0 Å². The van der Waals surface area contributed by atoms with Gasteiger partial charge in [-0.25, -0.2) is 0 Å². The number of carbonyl (C=O) groups excluding carboxylic acids is 2. The van der Waals surface area contributed by atoms with E-state index in [4.69, 9.17) is 0 Å². The number of fused-ring (bicyclic) bond motifs is 1. The zero-order valence-corrected chi connectivity index (χ0v) is 11.4. The maximum absolute atomic E-state index is 12.1. The Bertz CT molecular complexity index is 536. The Morgan fingerprint density at radius 3 is 2.95 bits per heavy atom. The molecule has 0 saturated carbocycles. The fourth-order valence-electron chi connectivity index (χ4n) is 2.77. The summed E-state index contributed by atoms with van der Waals surface area (Å²) in [4.78, 5) is 23.5. The van der Waals surface area contributed by atoms with Crippen molar-refractivity contribution >= 4 is 23.2 Å². The van der Waals surface area contributed by atoms with E-state index in [9.17, 15) is 9.59 Å². The van der Waals surface area contributed by atoms with Crippen molar-refractivity contribution in [3.05, 3.63) is 23.8 Å². The van der Waals surface area contributed by atoms with Crippen molar-refractivity contribution in [3.63, 3.8) is 0 Å². The molecule has 2 heterocycles. The molecule has 0 unspecified atom stereocenters. The number of nitrogens with one attached hydrogen (secondary N) is 3. The van der Waals surface area contributed by atoms with Crippen molar-refractivity contribution in [2.45, 2.75) is 38.1 Å². The first-order valence-corrected chi connectivity index (χ1v) is 7.19. The molecule has 3 N–H and O–H groups in total. The number of benzene rings is 1. The second-order valence-electron chi connectivity index (χ2n) is 5.41. The van der Waals surface area contributed by atoms with Crippen molar-refractivity contribution in [1.29, 1.82) is 0 Å². The van der Waals surface area contributed by atoms with Crippen LogP contribution in [-0.4, -0.2) is 24.4 Å². The molecule has 1 saturated heterocycles. The van der Waals surface area contributed by atoms with Crippen LogP contribution in [0.1, 0.15) is 31.2 Å². The maximum Gasteiger partial charge on any atom is 0.241 e. The van der Waals surface area contributed by atoms with Gasteiger partial charge in [-0.3, -0.25) is 9.59 Å². The minimum absolute atomic E-state index is 0.0319. The Morgan fingerprint density at radius 2 is 2.15 bits per heavy atom. The number of aryl methyl sites for hydroxylation is 1. The van der Waals surface area contributed by atoms with Crippen molar-refractivity contribution in [3.8, 4) is 0 Å². The van der Waals surface area contributed by atoms with Crippen LogP contribution in [0.5, 0.6) is 0 Å². The van der Waals surface area contributed by atoms with E-state index < -0.39 is 0 Å². The van der Waals surface area contributed by atoms with Crippen LogP contribution < -0.4 is 16.0 Å². The molecule has 5 heteroatoms. The standard InChI is InChI=1S/C15H19N3O2/c19-14-7-4-10-9-11(5-6-12(10)18-14)17-15(20)13-3-1-2-8-16-13/h5-6,9,13,16H,1-4,7-8H2,(H,17,20)(H,18,19)/t13-/m1/s1. The zero-order valence-electron chi connectivity index (χ0n) is 11.4. The van der Waals surface area contributed by atoms with Gasteiger partial charge in [0, 0.05) is 17.8 Å². The normalized spacial score (nSPS) is 21.8.